The Bertz CT molecular complexity index is 233. The van der Waals surface area contributed by atoms with E-state index in [2.05, 4.69) is 4.74 Å². The molecule has 0 rings (SSSR count). The summed E-state index contributed by atoms with van der Waals surface area (Å²) in [6.07, 6.45) is 2.09. The molecule has 0 aromatic heterocycles. The first-order chi connectivity index (χ1) is 7.52. The van der Waals surface area contributed by atoms with Gasteiger partial charge in [-0.25, -0.2) is 0 Å². The van der Waals surface area contributed by atoms with Crippen molar-refractivity contribution >= 4 is 11.8 Å². The molecule has 0 saturated carbocycles. The maximum absolute atomic E-state index is 11.4. The zero-order valence-corrected chi connectivity index (χ0v) is 10.4. The number of carbonyl (C=O) groups is 2. The van der Waals surface area contributed by atoms with Gasteiger partial charge in [0.15, 0.2) is 5.78 Å². The second kappa shape index (κ2) is 7.35. The van der Waals surface area contributed by atoms with Crippen LogP contribution in [0.25, 0.3) is 0 Å². The monoisotopic (exact) mass is 232 g/mol. The third-order valence-electron chi connectivity index (χ3n) is 2.56. The third-order valence-corrected chi connectivity index (χ3v) is 2.56. The smallest absolute Gasteiger partial charge is 0.305 e. The highest BCUT2D eigenvalue weighted by Crippen LogP contribution is 2.21. The summed E-state index contributed by atoms with van der Waals surface area (Å²) in [4.78, 5) is 22.2. The minimum absolute atomic E-state index is 0.171. The number of esters is 1. The van der Waals surface area contributed by atoms with Crippen molar-refractivity contribution in [2.24, 2.45) is 0 Å². The van der Waals surface area contributed by atoms with Crippen LogP contribution in [0.1, 0.15) is 32.6 Å². The van der Waals surface area contributed by atoms with Crippen LogP contribution in [0, 0.1) is 0 Å². The average Bonchev–Trinajstić information content (AvgIpc) is 2.29. The fraction of sp³-hybridized carbons (Fsp3) is 0.818. The number of ketones is 1. The van der Waals surface area contributed by atoms with E-state index in [-0.39, 0.29) is 11.8 Å². The van der Waals surface area contributed by atoms with Crippen molar-refractivity contribution < 1.29 is 23.8 Å². The van der Waals surface area contributed by atoms with Crippen molar-refractivity contribution in [3.05, 3.63) is 0 Å². The molecule has 0 atom stereocenters. The average molecular weight is 232 g/mol. The molecule has 0 aliphatic heterocycles. The van der Waals surface area contributed by atoms with Crippen LogP contribution in [0.15, 0.2) is 0 Å². The molecule has 0 N–H and O–H groups in total. The van der Waals surface area contributed by atoms with Crippen LogP contribution in [0.4, 0.5) is 0 Å². The summed E-state index contributed by atoms with van der Waals surface area (Å²) in [5, 5.41) is 0. The minimum Gasteiger partial charge on any atom is -0.469 e. The lowest BCUT2D eigenvalue weighted by atomic mass is 10.0. The van der Waals surface area contributed by atoms with Gasteiger partial charge in [0.05, 0.1) is 7.11 Å². The van der Waals surface area contributed by atoms with Gasteiger partial charge in [0.1, 0.15) is 0 Å². The maximum Gasteiger partial charge on any atom is 0.305 e. The fourth-order valence-electron chi connectivity index (χ4n) is 1.48. The Labute approximate surface area is 96.1 Å². The summed E-state index contributed by atoms with van der Waals surface area (Å²) in [5.41, 5.74) is 0. The molecule has 0 radical (unpaired) electrons. The summed E-state index contributed by atoms with van der Waals surface area (Å²) >= 11 is 0. The zero-order valence-electron chi connectivity index (χ0n) is 10.4. The van der Waals surface area contributed by atoms with Crippen LogP contribution in [-0.4, -0.2) is 38.9 Å². The van der Waals surface area contributed by atoms with Crippen LogP contribution in [0.3, 0.4) is 0 Å². The molecule has 0 bridgehead atoms. The van der Waals surface area contributed by atoms with Crippen molar-refractivity contribution in [2.45, 2.75) is 38.4 Å². The summed E-state index contributed by atoms with van der Waals surface area (Å²) in [5.74, 6) is -1.59. The Morgan fingerprint density at radius 2 is 1.62 bits per heavy atom. The number of hydrogen-bond acceptors (Lipinski definition) is 5. The van der Waals surface area contributed by atoms with E-state index in [9.17, 15) is 9.59 Å². The van der Waals surface area contributed by atoms with E-state index in [0.29, 0.717) is 25.7 Å². The van der Waals surface area contributed by atoms with E-state index in [1.54, 1.807) is 0 Å². The van der Waals surface area contributed by atoms with Gasteiger partial charge in [-0.15, -0.1) is 0 Å². The van der Waals surface area contributed by atoms with Crippen LogP contribution < -0.4 is 0 Å². The number of Topliss-reactive ketones (excluding diaryl/α,β-unsaturated/α-hetero) is 1. The Balaban J connectivity index is 4.04. The Hall–Kier alpha value is -0.940. The molecule has 0 amide bonds. The standard InChI is InChI=1S/C11H20O5/c1-9(12)11(15-3,16-4)8-6-5-7-10(13)14-2/h5-8H2,1-4H3. The Morgan fingerprint density at radius 3 is 2.00 bits per heavy atom. The molecule has 0 heterocycles. The second-order valence-electron chi connectivity index (χ2n) is 3.50. The zero-order chi connectivity index (χ0) is 12.6. The molecule has 5 heteroatoms. The van der Waals surface area contributed by atoms with Gasteiger partial charge in [0.25, 0.3) is 0 Å². The van der Waals surface area contributed by atoms with Crippen molar-refractivity contribution in [2.75, 3.05) is 21.3 Å². The quantitative estimate of drug-likeness (QED) is 0.358. The first kappa shape index (κ1) is 15.1. The molecular weight excluding hydrogens is 212 g/mol. The number of unbranched alkanes of at least 4 members (excludes halogenated alkanes) is 1. The van der Waals surface area contributed by atoms with Crippen LogP contribution >= 0.6 is 0 Å². The van der Waals surface area contributed by atoms with Gasteiger partial charge in [-0.2, -0.15) is 0 Å². The van der Waals surface area contributed by atoms with E-state index in [1.807, 2.05) is 0 Å². The molecule has 16 heavy (non-hydrogen) atoms. The highest BCUT2D eigenvalue weighted by atomic mass is 16.7. The van der Waals surface area contributed by atoms with Gasteiger partial charge in [0, 0.05) is 34.0 Å². The molecule has 0 aromatic carbocycles. The van der Waals surface area contributed by atoms with Crippen molar-refractivity contribution in [3.63, 3.8) is 0 Å². The highest BCUT2D eigenvalue weighted by Gasteiger charge is 2.34. The molecule has 94 valence electrons. The molecular formula is C11H20O5. The predicted molar refractivity (Wildman–Crippen MR) is 57.9 cm³/mol. The lowest BCUT2D eigenvalue weighted by Crippen LogP contribution is -2.41. The highest BCUT2D eigenvalue weighted by molar-refractivity contribution is 5.83. The maximum atomic E-state index is 11.4. The van der Waals surface area contributed by atoms with Crippen LogP contribution in [0.2, 0.25) is 0 Å². The minimum atomic E-state index is -1.17. The molecule has 0 aromatic rings. The van der Waals surface area contributed by atoms with Crippen LogP contribution in [-0.2, 0) is 23.8 Å². The molecule has 0 aliphatic carbocycles. The van der Waals surface area contributed by atoms with E-state index in [4.69, 9.17) is 9.47 Å². The van der Waals surface area contributed by atoms with Gasteiger partial charge in [-0.3, -0.25) is 9.59 Å². The number of rotatable bonds is 8. The van der Waals surface area contributed by atoms with Crippen molar-refractivity contribution in [1.82, 2.24) is 0 Å². The van der Waals surface area contributed by atoms with Gasteiger partial charge in [-0.1, -0.05) is 0 Å². The molecule has 0 fully saturated rings. The second-order valence-corrected chi connectivity index (χ2v) is 3.50. The Kier molecular flexibility index (Phi) is 6.92. The summed E-state index contributed by atoms with van der Waals surface area (Å²) in [7, 11) is 4.23. The molecule has 5 nitrogen and oxygen atoms in total. The number of hydrogen-bond donors (Lipinski definition) is 0. The summed E-state index contributed by atoms with van der Waals surface area (Å²) < 4.78 is 14.7. The van der Waals surface area contributed by atoms with E-state index >= 15 is 0 Å². The topological polar surface area (TPSA) is 61.8 Å². The molecule has 0 unspecified atom stereocenters. The van der Waals surface area contributed by atoms with E-state index < -0.39 is 5.79 Å². The fourth-order valence-corrected chi connectivity index (χ4v) is 1.48. The van der Waals surface area contributed by atoms with Gasteiger partial charge < -0.3 is 14.2 Å². The molecule has 0 saturated heterocycles. The summed E-state index contributed by atoms with van der Waals surface area (Å²) in [6, 6.07) is 0. The lowest BCUT2D eigenvalue weighted by molar-refractivity contribution is -0.208. The number of methoxy groups -OCH3 is 3. The summed E-state index contributed by atoms with van der Waals surface area (Å²) in [6.45, 7) is 1.42. The van der Waals surface area contributed by atoms with Gasteiger partial charge in [0.2, 0.25) is 5.79 Å². The number of ether oxygens (including phenoxy) is 3. The Morgan fingerprint density at radius 1 is 1.06 bits per heavy atom. The lowest BCUT2D eigenvalue weighted by Gasteiger charge is -2.27. The van der Waals surface area contributed by atoms with E-state index in [1.165, 1.54) is 28.3 Å². The normalized spacial score (nSPS) is 11.2. The van der Waals surface area contributed by atoms with Crippen LogP contribution in [0.5, 0.6) is 0 Å². The van der Waals surface area contributed by atoms with Crippen molar-refractivity contribution in [3.8, 4) is 0 Å². The number of carbonyl (C=O) groups excluding carboxylic acids is 2. The van der Waals surface area contributed by atoms with Gasteiger partial charge in [-0.05, 0) is 12.8 Å². The first-order valence-electron chi connectivity index (χ1n) is 5.20. The predicted octanol–water partition coefficient (Wildman–Crippen LogP) is 1.30. The van der Waals surface area contributed by atoms with E-state index in [0.717, 1.165) is 0 Å². The molecule has 0 aliphatic rings. The van der Waals surface area contributed by atoms with Crippen molar-refractivity contribution in [1.29, 1.82) is 0 Å². The molecule has 0 spiro atoms. The van der Waals surface area contributed by atoms with Gasteiger partial charge >= 0.3 is 5.97 Å². The first-order valence-corrected chi connectivity index (χ1v) is 5.20. The largest absolute Gasteiger partial charge is 0.469 e. The third kappa shape index (κ3) is 4.28. The SMILES string of the molecule is COC(=O)CCCCC(OC)(OC)C(C)=O.